The molecule has 2 heterocycles. The minimum atomic E-state index is -4.17. The van der Waals surface area contributed by atoms with Crippen LogP contribution >= 0.6 is 11.6 Å². The summed E-state index contributed by atoms with van der Waals surface area (Å²) in [5.41, 5.74) is 3.14. The molecule has 5 aromatic rings. The molecule has 51 heavy (non-hydrogen) atoms. The number of esters is 1. The van der Waals surface area contributed by atoms with Crippen LogP contribution in [-0.2, 0) is 27.8 Å². The van der Waals surface area contributed by atoms with Crippen LogP contribution < -0.4 is 9.21 Å². The number of rotatable bonds is 16. The molecule has 0 saturated heterocycles. The molecule has 5 rings (SSSR count). The fraction of sp³-hybridized carbons (Fsp3) is 0.333. The average molecular weight is 734 g/mol. The fourth-order valence-corrected chi connectivity index (χ4v) is 7.92. The third-order valence-electron chi connectivity index (χ3n) is 8.61. The Balaban J connectivity index is 1.63. The van der Waals surface area contributed by atoms with Crippen molar-refractivity contribution in [2.24, 2.45) is 0 Å². The number of carbonyl (C=O) groups is 2. The summed E-state index contributed by atoms with van der Waals surface area (Å²) in [6.07, 6.45) is 3.37. The number of hydrogen-bond acceptors (Lipinski definition) is 8. The van der Waals surface area contributed by atoms with E-state index < -0.39 is 16.0 Å². The Morgan fingerprint density at radius 1 is 0.882 bits per heavy atom. The Kier molecular flexibility index (Phi) is 12.2. The molecule has 0 spiro atoms. The van der Waals surface area contributed by atoms with Crippen molar-refractivity contribution in [3.05, 3.63) is 112 Å². The molecule has 10 nitrogen and oxygen atoms in total. The van der Waals surface area contributed by atoms with Crippen molar-refractivity contribution < 1.29 is 31.6 Å². The van der Waals surface area contributed by atoms with Crippen molar-refractivity contribution in [2.45, 2.75) is 65.4 Å². The molecule has 0 saturated carbocycles. The number of anilines is 2. The first kappa shape index (κ1) is 37.5. The predicted octanol–water partition coefficient (Wildman–Crippen LogP) is 8.85. The van der Waals surface area contributed by atoms with Gasteiger partial charge in [-0.2, -0.15) is 0 Å². The van der Waals surface area contributed by atoms with Crippen LogP contribution in [-0.4, -0.2) is 51.4 Å². The average Bonchev–Trinajstić information content (AvgIpc) is 3.76. The second-order valence-electron chi connectivity index (χ2n) is 12.1. The second-order valence-corrected chi connectivity index (χ2v) is 14.4. The van der Waals surface area contributed by atoms with Crippen LogP contribution in [0.5, 0.6) is 0 Å². The number of ether oxygens (including phenoxy) is 1. The van der Waals surface area contributed by atoms with Crippen LogP contribution in [0.4, 0.5) is 11.4 Å². The van der Waals surface area contributed by atoms with Gasteiger partial charge in [-0.15, -0.1) is 0 Å². The Morgan fingerprint density at radius 2 is 1.63 bits per heavy atom. The van der Waals surface area contributed by atoms with Gasteiger partial charge < -0.3 is 23.4 Å². The van der Waals surface area contributed by atoms with Crippen LogP contribution in [0.3, 0.4) is 0 Å². The van der Waals surface area contributed by atoms with E-state index >= 15 is 0 Å². The van der Waals surface area contributed by atoms with Gasteiger partial charge >= 0.3 is 5.97 Å². The Labute approximate surface area is 304 Å². The lowest BCUT2D eigenvalue weighted by molar-refractivity contribution is 0.0491. The minimum Gasteiger partial charge on any atom is -0.467 e. The van der Waals surface area contributed by atoms with Gasteiger partial charge in [0.05, 0.1) is 40.6 Å². The summed E-state index contributed by atoms with van der Waals surface area (Å²) >= 11 is 6.49. The molecule has 1 amide bonds. The van der Waals surface area contributed by atoms with Crippen molar-refractivity contribution in [1.29, 1.82) is 0 Å². The van der Waals surface area contributed by atoms with Crippen molar-refractivity contribution in [2.75, 3.05) is 35.4 Å². The summed E-state index contributed by atoms with van der Waals surface area (Å²) in [7, 11) is -4.17. The maximum atomic E-state index is 14.7. The first-order valence-electron chi connectivity index (χ1n) is 17.2. The molecule has 0 bridgehead atoms. The van der Waals surface area contributed by atoms with Gasteiger partial charge in [0, 0.05) is 42.8 Å². The molecule has 2 aromatic heterocycles. The van der Waals surface area contributed by atoms with E-state index in [1.807, 2.05) is 18.2 Å². The van der Waals surface area contributed by atoms with Crippen LogP contribution in [0, 0.1) is 6.92 Å². The molecule has 0 aliphatic carbocycles. The number of carbonyl (C=O) groups excluding carboxylic acids is 2. The Morgan fingerprint density at radius 3 is 2.27 bits per heavy atom. The standard InChI is InChI=1S/C39H44ClN3O7S/c1-6-20-41(21-7-2)29-17-16-28(25-42(26-30-13-12-22-49-30)38(44)32-14-10-11-15-34(32)40)35(23-29)43(8-3)51(46,47)31-18-19-36-33(24-31)27(5)37(50-36)39(45)48-9-4/h10-19,22-24H,6-9,20-21,25-26H2,1-5H3. The number of fused-ring (bicyclic) bond motifs is 1. The lowest BCUT2D eigenvalue weighted by Crippen LogP contribution is -2.34. The molecular formula is C39H44ClN3O7S. The third kappa shape index (κ3) is 8.10. The molecule has 3 aromatic carbocycles. The predicted molar refractivity (Wildman–Crippen MR) is 200 cm³/mol. The molecule has 0 unspecified atom stereocenters. The molecule has 0 aliphatic rings. The van der Waals surface area contributed by atoms with Crippen LogP contribution in [0.25, 0.3) is 11.0 Å². The number of sulfonamides is 1. The SMILES string of the molecule is CCCN(CCC)c1ccc(CN(Cc2ccco2)C(=O)c2ccccc2Cl)c(N(CC)S(=O)(=O)c2ccc3oc(C(=O)OCC)c(C)c3c2)c1. The summed E-state index contributed by atoms with van der Waals surface area (Å²) in [6, 6.07) is 20.7. The van der Waals surface area contributed by atoms with Gasteiger partial charge in [-0.1, -0.05) is 43.6 Å². The van der Waals surface area contributed by atoms with Crippen LogP contribution in [0.1, 0.15) is 78.3 Å². The monoisotopic (exact) mass is 733 g/mol. The normalized spacial score (nSPS) is 11.5. The van der Waals surface area contributed by atoms with Gasteiger partial charge in [0.2, 0.25) is 5.76 Å². The van der Waals surface area contributed by atoms with Gasteiger partial charge in [-0.25, -0.2) is 13.2 Å². The van der Waals surface area contributed by atoms with Gasteiger partial charge in [-0.3, -0.25) is 9.10 Å². The quantitative estimate of drug-likeness (QED) is 0.0925. The second kappa shape index (κ2) is 16.5. The highest BCUT2D eigenvalue weighted by Crippen LogP contribution is 2.35. The summed E-state index contributed by atoms with van der Waals surface area (Å²) in [6.45, 7) is 11.5. The molecule has 270 valence electrons. The number of hydrogen-bond donors (Lipinski definition) is 0. The number of halogens is 1. The molecule has 0 atom stereocenters. The molecule has 12 heteroatoms. The fourth-order valence-electron chi connectivity index (χ4n) is 6.17. The maximum absolute atomic E-state index is 14.7. The lowest BCUT2D eigenvalue weighted by Gasteiger charge is -2.31. The van der Waals surface area contributed by atoms with E-state index in [1.54, 1.807) is 74.4 Å². The highest BCUT2D eigenvalue weighted by molar-refractivity contribution is 7.92. The van der Waals surface area contributed by atoms with E-state index in [4.69, 9.17) is 25.2 Å². The Bertz CT molecular complexity index is 2090. The van der Waals surface area contributed by atoms with E-state index in [0.29, 0.717) is 44.1 Å². The van der Waals surface area contributed by atoms with Crippen LogP contribution in [0.15, 0.2) is 92.8 Å². The maximum Gasteiger partial charge on any atom is 0.374 e. The van der Waals surface area contributed by atoms with Crippen molar-refractivity contribution in [3.8, 4) is 0 Å². The minimum absolute atomic E-state index is 0.0334. The number of benzene rings is 3. The molecule has 0 radical (unpaired) electrons. The summed E-state index contributed by atoms with van der Waals surface area (Å²) < 4.78 is 47.2. The number of furan rings is 2. The van der Waals surface area contributed by atoms with E-state index in [-0.39, 0.29) is 42.8 Å². The van der Waals surface area contributed by atoms with E-state index in [1.165, 1.54) is 16.4 Å². The van der Waals surface area contributed by atoms with Gasteiger partial charge in [0.15, 0.2) is 0 Å². The van der Waals surface area contributed by atoms with Crippen molar-refractivity contribution in [3.63, 3.8) is 0 Å². The van der Waals surface area contributed by atoms with E-state index in [9.17, 15) is 18.0 Å². The summed E-state index contributed by atoms with van der Waals surface area (Å²) in [5.74, 6) is -0.330. The van der Waals surface area contributed by atoms with Crippen molar-refractivity contribution >= 4 is 55.8 Å². The van der Waals surface area contributed by atoms with Gasteiger partial charge in [0.1, 0.15) is 11.3 Å². The van der Waals surface area contributed by atoms with E-state index in [2.05, 4.69) is 18.7 Å². The molecule has 0 fully saturated rings. The third-order valence-corrected chi connectivity index (χ3v) is 10.8. The summed E-state index contributed by atoms with van der Waals surface area (Å²) in [5, 5.41) is 0.808. The number of nitrogens with zero attached hydrogens (tertiary/aromatic N) is 3. The highest BCUT2D eigenvalue weighted by atomic mass is 35.5. The smallest absolute Gasteiger partial charge is 0.374 e. The lowest BCUT2D eigenvalue weighted by atomic mass is 10.1. The first-order chi connectivity index (χ1) is 24.5. The van der Waals surface area contributed by atoms with Gasteiger partial charge in [-0.05, 0) is 93.8 Å². The molecule has 0 N–H and O–H groups in total. The largest absolute Gasteiger partial charge is 0.467 e. The summed E-state index contributed by atoms with van der Waals surface area (Å²) in [4.78, 5) is 30.5. The van der Waals surface area contributed by atoms with Gasteiger partial charge in [0.25, 0.3) is 15.9 Å². The highest BCUT2D eigenvalue weighted by Gasteiger charge is 2.30. The first-order valence-corrected chi connectivity index (χ1v) is 19.0. The topological polar surface area (TPSA) is 114 Å². The molecule has 0 aliphatic heterocycles. The van der Waals surface area contributed by atoms with Crippen LogP contribution in [0.2, 0.25) is 5.02 Å². The molecular weight excluding hydrogens is 690 g/mol. The zero-order valence-corrected chi connectivity index (χ0v) is 31.2. The Hall–Kier alpha value is -4.74. The van der Waals surface area contributed by atoms with Crippen molar-refractivity contribution in [1.82, 2.24) is 4.90 Å². The van der Waals surface area contributed by atoms with E-state index in [0.717, 1.165) is 31.6 Å². The zero-order chi connectivity index (χ0) is 36.7. The zero-order valence-electron chi connectivity index (χ0n) is 29.6. The number of amides is 1. The number of aryl methyl sites for hydroxylation is 1.